The first-order valence-corrected chi connectivity index (χ1v) is 6.76. The van der Waals surface area contributed by atoms with Crippen LogP contribution in [0.5, 0.6) is 5.75 Å². The van der Waals surface area contributed by atoms with E-state index in [1.807, 2.05) is 22.8 Å². The molecule has 0 amide bonds. The molecule has 1 aliphatic heterocycles. The van der Waals surface area contributed by atoms with Crippen LogP contribution in [0.1, 0.15) is 12.8 Å². The maximum Gasteiger partial charge on any atom is 0.326 e. The zero-order valence-corrected chi connectivity index (χ0v) is 11.1. The summed E-state index contributed by atoms with van der Waals surface area (Å²) in [4.78, 5) is 15.0. The van der Waals surface area contributed by atoms with Crippen LogP contribution in [-0.4, -0.2) is 29.8 Å². The van der Waals surface area contributed by atoms with Crippen molar-refractivity contribution in [1.82, 2.24) is 14.9 Å². The first kappa shape index (κ1) is 12.3. The molecule has 1 saturated heterocycles. The molecule has 1 aromatic carbocycles. The van der Waals surface area contributed by atoms with Gasteiger partial charge in [0, 0.05) is 6.54 Å². The van der Waals surface area contributed by atoms with E-state index in [1.165, 1.54) is 0 Å². The summed E-state index contributed by atoms with van der Waals surface area (Å²) in [5.74, 6) is 1.31. The van der Waals surface area contributed by atoms with Crippen molar-refractivity contribution in [3.8, 4) is 5.75 Å². The number of ether oxygens (including phenoxy) is 1. The third-order valence-corrected chi connectivity index (χ3v) is 3.88. The van der Waals surface area contributed by atoms with E-state index in [1.54, 1.807) is 7.11 Å². The predicted molar refractivity (Wildman–Crippen MR) is 74.7 cm³/mol. The van der Waals surface area contributed by atoms with Gasteiger partial charge in [-0.1, -0.05) is 6.07 Å². The summed E-state index contributed by atoms with van der Waals surface area (Å²) in [6.07, 6.45) is 2.24. The fourth-order valence-corrected chi connectivity index (χ4v) is 2.85. The Labute approximate surface area is 111 Å². The molecule has 0 unspecified atom stereocenters. The van der Waals surface area contributed by atoms with Gasteiger partial charge in [-0.15, -0.1) is 0 Å². The summed E-state index contributed by atoms with van der Waals surface area (Å²) >= 11 is 0. The van der Waals surface area contributed by atoms with E-state index in [2.05, 4.69) is 10.3 Å². The number of rotatable bonds is 3. The first-order chi connectivity index (χ1) is 9.29. The lowest BCUT2D eigenvalue weighted by Gasteiger charge is -2.23. The molecule has 1 aromatic heterocycles. The van der Waals surface area contributed by atoms with Crippen LogP contribution in [0.4, 0.5) is 0 Å². The van der Waals surface area contributed by atoms with Crippen molar-refractivity contribution < 1.29 is 4.74 Å². The van der Waals surface area contributed by atoms with E-state index in [-0.39, 0.29) is 5.69 Å². The zero-order valence-electron chi connectivity index (χ0n) is 11.1. The van der Waals surface area contributed by atoms with Gasteiger partial charge < -0.3 is 15.0 Å². The third-order valence-electron chi connectivity index (χ3n) is 3.88. The SMILES string of the molecule is COc1cccc2[nH]c(=O)n(CC3CCNCC3)c12. The monoisotopic (exact) mass is 261 g/mol. The van der Waals surface area contributed by atoms with Crippen LogP contribution in [0.25, 0.3) is 11.0 Å². The smallest absolute Gasteiger partial charge is 0.326 e. The normalized spacial score (nSPS) is 16.9. The van der Waals surface area contributed by atoms with Crippen LogP contribution >= 0.6 is 0 Å². The van der Waals surface area contributed by atoms with Gasteiger partial charge in [0.2, 0.25) is 0 Å². The highest BCUT2D eigenvalue weighted by molar-refractivity contribution is 5.81. The van der Waals surface area contributed by atoms with Gasteiger partial charge in [-0.25, -0.2) is 4.79 Å². The van der Waals surface area contributed by atoms with E-state index in [9.17, 15) is 4.79 Å². The number of aromatic amines is 1. The van der Waals surface area contributed by atoms with Gasteiger partial charge in [0.05, 0.1) is 12.6 Å². The number of nitrogens with zero attached hydrogens (tertiary/aromatic N) is 1. The Morgan fingerprint density at radius 2 is 2.16 bits per heavy atom. The largest absolute Gasteiger partial charge is 0.494 e. The summed E-state index contributed by atoms with van der Waals surface area (Å²) in [5, 5.41) is 3.35. The zero-order chi connectivity index (χ0) is 13.2. The molecule has 5 heteroatoms. The Morgan fingerprint density at radius 3 is 2.89 bits per heavy atom. The Morgan fingerprint density at radius 1 is 1.37 bits per heavy atom. The minimum Gasteiger partial charge on any atom is -0.494 e. The lowest BCUT2D eigenvalue weighted by Crippen LogP contribution is -2.32. The summed E-state index contributed by atoms with van der Waals surface area (Å²) in [7, 11) is 1.64. The number of imidazole rings is 1. The van der Waals surface area contributed by atoms with Gasteiger partial charge in [-0.05, 0) is 44.0 Å². The van der Waals surface area contributed by atoms with Crippen LogP contribution in [0.3, 0.4) is 0 Å². The Bertz CT molecular complexity index is 623. The molecule has 0 radical (unpaired) electrons. The van der Waals surface area contributed by atoms with E-state index in [0.717, 1.165) is 49.3 Å². The van der Waals surface area contributed by atoms with Crippen LogP contribution in [-0.2, 0) is 6.54 Å². The van der Waals surface area contributed by atoms with Gasteiger partial charge >= 0.3 is 5.69 Å². The number of benzene rings is 1. The molecular weight excluding hydrogens is 242 g/mol. The number of aromatic nitrogens is 2. The molecule has 1 aliphatic rings. The van der Waals surface area contributed by atoms with Crippen molar-refractivity contribution in [1.29, 1.82) is 0 Å². The molecule has 0 aliphatic carbocycles. The van der Waals surface area contributed by atoms with Gasteiger partial charge in [0.25, 0.3) is 0 Å². The van der Waals surface area contributed by atoms with Crippen LogP contribution in [0.2, 0.25) is 0 Å². The minimum atomic E-state index is -0.0435. The van der Waals surface area contributed by atoms with Crippen molar-refractivity contribution in [2.75, 3.05) is 20.2 Å². The van der Waals surface area contributed by atoms with Gasteiger partial charge in [0.15, 0.2) is 0 Å². The summed E-state index contributed by atoms with van der Waals surface area (Å²) in [5.41, 5.74) is 1.69. The highest BCUT2D eigenvalue weighted by Crippen LogP contribution is 2.24. The van der Waals surface area contributed by atoms with Gasteiger partial charge in [-0.3, -0.25) is 4.57 Å². The average molecular weight is 261 g/mol. The van der Waals surface area contributed by atoms with Crippen molar-refractivity contribution in [2.45, 2.75) is 19.4 Å². The van der Waals surface area contributed by atoms with E-state index in [0.29, 0.717) is 5.92 Å². The standard InChI is InChI=1S/C14H19N3O2/c1-19-12-4-2-3-11-13(12)17(14(18)16-11)9-10-5-7-15-8-6-10/h2-4,10,15H,5-9H2,1H3,(H,16,18). The molecule has 0 atom stereocenters. The highest BCUT2D eigenvalue weighted by Gasteiger charge is 2.18. The molecule has 5 nitrogen and oxygen atoms in total. The molecule has 2 N–H and O–H groups in total. The Hall–Kier alpha value is -1.75. The van der Waals surface area contributed by atoms with Crippen molar-refractivity contribution >= 4 is 11.0 Å². The van der Waals surface area contributed by atoms with Crippen molar-refractivity contribution in [3.05, 3.63) is 28.7 Å². The molecule has 0 bridgehead atoms. The van der Waals surface area contributed by atoms with Crippen molar-refractivity contribution in [2.24, 2.45) is 5.92 Å². The lowest BCUT2D eigenvalue weighted by molar-refractivity contribution is 0.332. The summed E-state index contributed by atoms with van der Waals surface area (Å²) in [6.45, 7) is 2.85. The van der Waals surface area contributed by atoms with Gasteiger partial charge in [0.1, 0.15) is 11.3 Å². The van der Waals surface area contributed by atoms with E-state index in [4.69, 9.17) is 4.74 Å². The maximum absolute atomic E-state index is 12.1. The molecule has 2 aromatic rings. The van der Waals surface area contributed by atoms with Crippen LogP contribution < -0.4 is 15.7 Å². The first-order valence-electron chi connectivity index (χ1n) is 6.76. The molecule has 0 saturated carbocycles. The number of hydrogen-bond acceptors (Lipinski definition) is 3. The van der Waals surface area contributed by atoms with Crippen molar-refractivity contribution in [3.63, 3.8) is 0 Å². The van der Waals surface area contributed by atoms with Gasteiger partial charge in [-0.2, -0.15) is 0 Å². The number of methoxy groups -OCH3 is 1. The maximum atomic E-state index is 12.1. The highest BCUT2D eigenvalue weighted by atomic mass is 16.5. The number of hydrogen-bond donors (Lipinski definition) is 2. The van der Waals surface area contributed by atoms with Crippen LogP contribution in [0, 0.1) is 5.92 Å². The van der Waals surface area contributed by atoms with E-state index >= 15 is 0 Å². The topological polar surface area (TPSA) is 59.1 Å². The second kappa shape index (κ2) is 5.09. The fourth-order valence-electron chi connectivity index (χ4n) is 2.85. The average Bonchev–Trinajstić information content (AvgIpc) is 2.76. The summed E-state index contributed by atoms with van der Waals surface area (Å²) < 4.78 is 7.20. The van der Waals surface area contributed by atoms with E-state index < -0.39 is 0 Å². The second-order valence-corrected chi connectivity index (χ2v) is 5.09. The Kier molecular flexibility index (Phi) is 3.29. The molecular formula is C14H19N3O2. The number of H-pyrrole nitrogens is 1. The molecule has 1 fully saturated rings. The second-order valence-electron chi connectivity index (χ2n) is 5.09. The molecule has 2 heterocycles. The Balaban J connectivity index is 2.01. The number of piperidine rings is 1. The number of fused-ring (bicyclic) bond motifs is 1. The number of nitrogens with one attached hydrogen (secondary N) is 2. The summed E-state index contributed by atoms with van der Waals surface area (Å²) in [6, 6.07) is 5.71. The molecule has 3 rings (SSSR count). The minimum absolute atomic E-state index is 0.0435. The molecule has 0 spiro atoms. The molecule has 19 heavy (non-hydrogen) atoms. The van der Waals surface area contributed by atoms with Crippen LogP contribution in [0.15, 0.2) is 23.0 Å². The fraction of sp³-hybridized carbons (Fsp3) is 0.500. The lowest BCUT2D eigenvalue weighted by atomic mass is 9.98. The predicted octanol–water partition coefficient (Wildman–Crippen LogP) is 1.34. The number of para-hydroxylation sites is 1. The quantitative estimate of drug-likeness (QED) is 0.876. The third kappa shape index (κ3) is 2.26. The molecule has 102 valence electrons.